The molecule has 0 saturated carbocycles. The zero-order valence-electron chi connectivity index (χ0n) is 13.3. The Bertz CT molecular complexity index is 919. The lowest BCUT2D eigenvalue weighted by molar-refractivity contribution is 0.0919. The van der Waals surface area contributed by atoms with E-state index >= 15 is 0 Å². The summed E-state index contributed by atoms with van der Waals surface area (Å²) in [5.41, 5.74) is -0.174. The molecule has 2 aromatic rings. The van der Waals surface area contributed by atoms with E-state index in [2.05, 4.69) is 25.6 Å². The van der Waals surface area contributed by atoms with Crippen molar-refractivity contribution in [2.45, 2.75) is 50.7 Å². The number of fused-ring (bicyclic) bond motifs is 3. The molecular formula is C16H19N5O3. The molecule has 0 aliphatic carbocycles. The highest BCUT2D eigenvalue weighted by Gasteiger charge is 2.34. The van der Waals surface area contributed by atoms with Crippen molar-refractivity contribution in [3.8, 4) is 0 Å². The molecule has 4 N–H and O–H groups in total. The van der Waals surface area contributed by atoms with E-state index in [9.17, 15) is 14.4 Å². The lowest BCUT2D eigenvalue weighted by Crippen LogP contribution is -2.48. The second-order valence-corrected chi connectivity index (χ2v) is 6.74. The maximum atomic E-state index is 12.5. The summed E-state index contributed by atoms with van der Waals surface area (Å²) in [6, 6.07) is 2.68. The van der Waals surface area contributed by atoms with E-state index in [0.717, 1.165) is 25.7 Å². The van der Waals surface area contributed by atoms with E-state index in [0.29, 0.717) is 23.0 Å². The smallest absolute Gasteiger partial charge is 0.327 e. The Morgan fingerprint density at radius 3 is 2.62 bits per heavy atom. The van der Waals surface area contributed by atoms with Gasteiger partial charge in [-0.15, -0.1) is 0 Å². The number of aryl methyl sites for hydroxylation is 1. The average Bonchev–Trinajstić information content (AvgIpc) is 2.84. The van der Waals surface area contributed by atoms with Crippen molar-refractivity contribution in [2.24, 2.45) is 0 Å². The first kappa shape index (κ1) is 15.1. The highest BCUT2D eigenvalue weighted by Crippen LogP contribution is 2.26. The van der Waals surface area contributed by atoms with Gasteiger partial charge >= 0.3 is 5.69 Å². The van der Waals surface area contributed by atoms with Crippen LogP contribution in [0.2, 0.25) is 0 Å². The molecule has 0 radical (unpaired) electrons. The highest BCUT2D eigenvalue weighted by atomic mass is 16.2. The van der Waals surface area contributed by atoms with Gasteiger partial charge in [-0.25, -0.2) is 9.78 Å². The third-order valence-corrected chi connectivity index (χ3v) is 4.94. The normalized spacial score (nSPS) is 25.8. The van der Waals surface area contributed by atoms with Gasteiger partial charge < -0.3 is 10.6 Å². The molecule has 2 aliphatic rings. The molecule has 2 aliphatic heterocycles. The molecule has 8 nitrogen and oxygen atoms in total. The summed E-state index contributed by atoms with van der Waals surface area (Å²) in [6.45, 7) is 1.72. The number of piperidine rings is 1. The summed E-state index contributed by atoms with van der Waals surface area (Å²) in [5, 5.41) is 6.87. The number of amides is 1. The molecule has 2 saturated heterocycles. The molecule has 4 heterocycles. The van der Waals surface area contributed by atoms with Crippen LogP contribution in [0.1, 0.15) is 41.7 Å². The summed E-state index contributed by atoms with van der Waals surface area (Å²) >= 11 is 0. The van der Waals surface area contributed by atoms with Crippen LogP contribution in [-0.4, -0.2) is 39.0 Å². The first-order chi connectivity index (χ1) is 11.5. The van der Waals surface area contributed by atoms with Crippen LogP contribution in [0.5, 0.6) is 0 Å². The standard InChI is InChI=1S/C16H19N5O3/c1-7-4-11(19-13-12(7)15(23)21-16(24)20-13)14(22)18-10-5-8-2-3-9(6-10)17-8/h4,8-10,17H,2-3,5-6H2,1H3,(H,18,22)(H2,19,20,21,23,24). The Kier molecular flexibility index (Phi) is 3.49. The number of carbonyl (C=O) groups is 1. The monoisotopic (exact) mass is 329 g/mol. The molecule has 8 heteroatoms. The molecule has 0 spiro atoms. The molecule has 24 heavy (non-hydrogen) atoms. The predicted molar refractivity (Wildman–Crippen MR) is 88.2 cm³/mol. The van der Waals surface area contributed by atoms with Crippen molar-refractivity contribution in [3.05, 3.63) is 38.2 Å². The second kappa shape index (κ2) is 5.55. The maximum absolute atomic E-state index is 12.5. The number of aromatic nitrogens is 3. The molecule has 2 aromatic heterocycles. The first-order valence-electron chi connectivity index (χ1n) is 8.20. The zero-order valence-corrected chi connectivity index (χ0v) is 13.3. The number of hydrogen-bond acceptors (Lipinski definition) is 5. The van der Waals surface area contributed by atoms with E-state index in [1.807, 2.05) is 0 Å². The Balaban J connectivity index is 1.62. The van der Waals surface area contributed by atoms with Crippen molar-refractivity contribution in [1.82, 2.24) is 25.6 Å². The fourth-order valence-electron chi connectivity index (χ4n) is 3.90. The lowest BCUT2D eigenvalue weighted by atomic mass is 9.99. The molecule has 2 bridgehead atoms. The number of H-pyrrole nitrogens is 2. The Morgan fingerprint density at radius 1 is 1.21 bits per heavy atom. The molecule has 126 valence electrons. The van der Waals surface area contributed by atoms with Crippen LogP contribution in [0.4, 0.5) is 0 Å². The minimum Gasteiger partial charge on any atom is -0.348 e. The van der Waals surface area contributed by atoms with E-state index < -0.39 is 11.2 Å². The van der Waals surface area contributed by atoms with E-state index in [4.69, 9.17) is 0 Å². The van der Waals surface area contributed by atoms with Gasteiger partial charge in [-0.2, -0.15) is 0 Å². The van der Waals surface area contributed by atoms with Gasteiger partial charge in [-0.3, -0.25) is 19.6 Å². The first-order valence-corrected chi connectivity index (χ1v) is 8.20. The summed E-state index contributed by atoms with van der Waals surface area (Å²) in [6.07, 6.45) is 4.17. The summed E-state index contributed by atoms with van der Waals surface area (Å²) in [4.78, 5) is 44.7. The number of rotatable bonds is 2. The second-order valence-electron chi connectivity index (χ2n) is 6.74. The van der Waals surface area contributed by atoms with Crippen molar-refractivity contribution in [1.29, 1.82) is 0 Å². The van der Waals surface area contributed by atoms with Crippen LogP contribution in [0.3, 0.4) is 0 Å². The summed E-state index contributed by atoms with van der Waals surface area (Å²) in [7, 11) is 0. The van der Waals surface area contributed by atoms with Crippen LogP contribution < -0.4 is 21.9 Å². The fourth-order valence-corrected chi connectivity index (χ4v) is 3.90. The van der Waals surface area contributed by atoms with E-state index in [-0.39, 0.29) is 23.3 Å². The van der Waals surface area contributed by atoms with Crippen LogP contribution in [-0.2, 0) is 0 Å². The minimum atomic E-state index is -0.633. The van der Waals surface area contributed by atoms with Gasteiger partial charge in [0, 0.05) is 18.1 Å². The van der Waals surface area contributed by atoms with Crippen molar-refractivity contribution < 1.29 is 4.79 Å². The SMILES string of the molecule is Cc1cc(C(=O)NC2CC3CCC(C2)N3)nc2[nH]c(=O)[nH]c(=O)c12. The number of aromatic amines is 2. The van der Waals surface area contributed by atoms with Gasteiger partial charge in [0.1, 0.15) is 11.3 Å². The Morgan fingerprint density at radius 2 is 1.92 bits per heavy atom. The van der Waals surface area contributed by atoms with E-state index in [1.54, 1.807) is 13.0 Å². The van der Waals surface area contributed by atoms with E-state index in [1.165, 1.54) is 0 Å². The lowest BCUT2D eigenvalue weighted by Gasteiger charge is -2.29. The molecule has 0 aromatic carbocycles. The van der Waals surface area contributed by atoms with Crippen molar-refractivity contribution >= 4 is 16.9 Å². The molecule has 4 rings (SSSR count). The summed E-state index contributed by atoms with van der Waals surface area (Å²) in [5.74, 6) is -0.271. The van der Waals surface area contributed by atoms with Gasteiger partial charge in [-0.05, 0) is 44.2 Å². The Labute approximate surface area is 137 Å². The summed E-state index contributed by atoms with van der Waals surface area (Å²) < 4.78 is 0. The molecular weight excluding hydrogens is 310 g/mol. The number of nitrogens with zero attached hydrogens (tertiary/aromatic N) is 1. The minimum absolute atomic E-state index is 0.132. The van der Waals surface area contributed by atoms with Crippen LogP contribution >= 0.6 is 0 Å². The quantitative estimate of drug-likeness (QED) is 0.615. The topological polar surface area (TPSA) is 120 Å². The van der Waals surface area contributed by atoms with Gasteiger partial charge in [-0.1, -0.05) is 0 Å². The van der Waals surface area contributed by atoms with Crippen LogP contribution in [0.15, 0.2) is 15.7 Å². The number of carbonyl (C=O) groups excluding carboxylic acids is 1. The van der Waals surface area contributed by atoms with Crippen molar-refractivity contribution in [3.63, 3.8) is 0 Å². The fraction of sp³-hybridized carbons (Fsp3) is 0.500. The molecule has 2 atom stereocenters. The van der Waals surface area contributed by atoms with Gasteiger partial charge in [0.25, 0.3) is 11.5 Å². The molecule has 1 amide bonds. The zero-order chi connectivity index (χ0) is 16.8. The van der Waals surface area contributed by atoms with Crippen LogP contribution in [0, 0.1) is 6.92 Å². The largest absolute Gasteiger partial charge is 0.348 e. The molecule has 2 unspecified atom stereocenters. The highest BCUT2D eigenvalue weighted by molar-refractivity contribution is 5.95. The van der Waals surface area contributed by atoms with Crippen LogP contribution in [0.25, 0.3) is 11.0 Å². The molecule has 2 fully saturated rings. The van der Waals surface area contributed by atoms with Gasteiger partial charge in [0.05, 0.1) is 5.39 Å². The third kappa shape index (κ3) is 2.62. The van der Waals surface area contributed by atoms with Crippen molar-refractivity contribution in [2.75, 3.05) is 0 Å². The maximum Gasteiger partial charge on any atom is 0.327 e. The number of nitrogens with one attached hydrogen (secondary N) is 4. The predicted octanol–water partition coefficient (Wildman–Crippen LogP) is -0.0674. The third-order valence-electron chi connectivity index (χ3n) is 4.94. The Hall–Kier alpha value is -2.48. The average molecular weight is 329 g/mol. The van der Waals surface area contributed by atoms with Gasteiger partial charge in [0.2, 0.25) is 0 Å². The number of hydrogen-bond donors (Lipinski definition) is 4. The van der Waals surface area contributed by atoms with Gasteiger partial charge in [0.15, 0.2) is 0 Å². The number of pyridine rings is 1.